The van der Waals surface area contributed by atoms with Crippen molar-refractivity contribution in [1.29, 1.82) is 0 Å². The van der Waals surface area contributed by atoms with Gasteiger partial charge in [0, 0.05) is 21.5 Å². The molecule has 3 aromatic rings. The zero-order valence-corrected chi connectivity index (χ0v) is 12.6. The number of halogens is 2. The molecule has 0 saturated heterocycles. The standard InChI is InChI=1S/C16H12ClFN4O/c17-11-4-5-13-10(6-11)8-14(20-13)16(23)22-21-15(19)9-2-1-3-12(18)7-9/h1-8,20H,(H2,19,21)(H,22,23). The minimum absolute atomic E-state index is 0.0111. The first-order chi connectivity index (χ1) is 11.0. The molecule has 1 amide bonds. The van der Waals surface area contributed by atoms with Crippen molar-refractivity contribution in [2.45, 2.75) is 0 Å². The van der Waals surface area contributed by atoms with Crippen molar-refractivity contribution < 1.29 is 9.18 Å². The van der Waals surface area contributed by atoms with E-state index in [0.717, 1.165) is 10.9 Å². The summed E-state index contributed by atoms with van der Waals surface area (Å²) in [5.74, 6) is -0.881. The molecule has 0 atom stereocenters. The fourth-order valence-electron chi connectivity index (χ4n) is 2.11. The fraction of sp³-hybridized carbons (Fsp3) is 0. The molecule has 0 unspecified atom stereocenters. The van der Waals surface area contributed by atoms with Gasteiger partial charge in [0.05, 0.1) is 0 Å². The summed E-state index contributed by atoms with van der Waals surface area (Å²) in [6.45, 7) is 0. The number of hydrazone groups is 1. The Morgan fingerprint density at radius 2 is 2.04 bits per heavy atom. The minimum Gasteiger partial charge on any atom is -0.382 e. The summed E-state index contributed by atoms with van der Waals surface area (Å²) in [5, 5.41) is 5.17. The Labute approximate surface area is 135 Å². The lowest BCUT2D eigenvalue weighted by Crippen LogP contribution is -2.24. The van der Waals surface area contributed by atoms with Gasteiger partial charge in [-0.2, -0.15) is 5.10 Å². The molecule has 0 aliphatic heterocycles. The third-order valence-corrected chi connectivity index (χ3v) is 3.46. The number of aromatic nitrogens is 1. The number of benzene rings is 2. The lowest BCUT2D eigenvalue weighted by Gasteiger charge is -2.01. The number of nitrogens with zero attached hydrogens (tertiary/aromatic N) is 1. The van der Waals surface area contributed by atoms with Crippen LogP contribution < -0.4 is 11.2 Å². The number of fused-ring (bicyclic) bond motifs is 1. The Hall–Kier alpha value is -2.86. The Morgan fingerprint density at radius 3 is 2.83 bits per heavy atom. The number of nitrogens with one attached hydrogen (secondary N) is 2. The summed E-state index contributed by atoms with van der Waals surface area (Å²) in [6.07, 6.45) is 0. The molecule has 4 N–H and O–H groups in total. The molecule has 0 fully saturated rings. The van der Waals surface area contributed by atoms with E-state index in [1.54, 1.807) is 30.3 Å². The highest BCUT2D eigenvalue weighted by atomic mass is 35.5. The number of hydrogen-bond acceptors (Lipinski definition) is 2. The van der Waals surface area contributed by atoms with Crippen LogP contribution >= 0.6 is 11.6 Å². The van der Waals surface area contributed by atoms with Crippen LogP contribution in [0.15, 0.2) is 53.6 Å². The highest BCUT2D eigenvalue weighted by molar-refractivity contribution is 6.31. The average molecular weight is 331 g/mol. The number of rotatable bonds is 3. The molecular formula is C16H12ClFN4O. The molecule has 0 aliphatic rings. The van der Waals surface area contributed by atoms with E-state index < -0.39 is 11.7 Å². The van der Waals surface area contributed by atoms with Gasteiger partial charge in [-0.05, 0) is 36.4 Å². The lowest BCUT2D eigenvalue weighted by atomic mass is 10.2. The molecule has 0 bridgehead atoms. The van der Waals surface area contributed by atoms with Crippen LogP contribution in [0.5, 0.6) is 0 Å². The van der Waals surface area contributed by atoms with Gasteiger partial charge in [0.15, 0.2) is 5.84 Å². The predicted octanol–water partition coefficient (Wildman–Crippen LogP) is 3.01. The van der Waals surface area contributed by atoms with Crippen LogP contribution in [0.25, 0.3) is 10.9 Å². The number of carbonyl (C=O) groups excluding carboxylic acids is 1. The van der Waals surface area contributed by atoms with Crippen molar-refractivity contribution in [2.75, 3.05) is 0 Å². The molecule has 0 aliphatic carbocycles. The van der Waals surface area contributed by atoms with Crippen LogP contribution in [0.4, 0.5) is 4.39 Å². The van der Waals surface area contributed by atoms with Crippen molar-refractivity contribution in [3.63, 3.8) is 0 Å². The summed E-state index contributed by atoms with van der Waals surface area (Å²) in [6, 6.07) is 12.5. The van der Waals surface area contributed by atoms with Crippen LogP contribution in [0.1, 0.15) is 16.1 Å². The van der Waals surface area contributed by atoms with Gasteiger partial charge < -0.3 is 10.7 Å². The molecular weight excluding hydrogens is 319 g/mol. The van der Waals surface area contributed by atoms with E-state index in [-0.39, 0.29) is 5.84 Å². The smallest absolute Gasteiger partial charge is 0.287 e. The number of nitrogens with two attached hydrogens (primary N) is 1. The SMILES string of the molecule is NC(=NNC(=O)c1cc2cc(Cl)ccc2[nH]1)c1cccc(F)c1. The zero-order chi connectivity index (χ0) is 16.4. The number of H-pyrrole nitrogens is 1. The monoisotopic (exact) mass is 330 g/mol. The number of amides is 1. The lowest BCUT2D eigenvalue weighted by molar-refractivity contribution is 0.0950. The Morgan fingerprint density at radius 1 is 1.22 bits per heavy atom. The fourth-order valence-corrected chi connectivity index (χ4v) is 2.29. The third-order valence-electron chi connectivity index (χ3n) is 3.23. The zero-order valence-electron chi connectivity index (χ0n) is 11.8. The van der Waals surface area contributed by atoms with E-state index in [1.807, 2.05) is 0 Å². The van der Waals surface area contributed by atoms with Gasteiger partial charge in [-0.3, -0.25) is 4.79 Å². The van der Waals surface area contributed by atoms with Gasteiger partial charge in [0.1, 0.15) is 11.5 Å². The summed E-state index contributed by atoms with van der Waals surface area (Å²) < 4.78 is 13.1. The molecule has 3 rings (SSSR count). The van der Waals surface area contributed by atoms with E-state index in [0.29, 0.717) is 16.3 Å². The molecule has 2 aromatic carbocycles. The normalized spacial score (nSPS) is 11.7. The Bertz CT molecular complexity index is 919. The number of hydrogen-bond donors (Lipinski definition) is 3. The predicted molar refractivity (Wildman–Crippen MR) is 87.9 cm³/mol. The van der Waals surface area contributed by atoms with Crippen LogP contribution in [0.2, 0.25) is 5.02 Å². The second-order valence-electron chi connectivity index (χ2n) is 4.86. The van der Waals surface area contributed by atoms with Crippen LogP contribution in [-0.2, 0) is 0 Å². The van der Waals surface area contributed by atoms with E-state index in [2.05, 4.69) is 15.5 Å². The number of amidine groups is 1. The summed E-state index contributed by atoms with van der Waals surface area (Å²) >= 11 is 5.91. The Balaban J connectivity index is 1.79. The second kappa shape index (κ2) is 6.10. The van der Waals surface area contributed by atoms with Crippen molar-refractivity contribution in [2.24, 2.45) is 10.8 Å². The molecule has 7 heteroatoms. The molecule has 23 heavy (non-hydrogen) atoms. The van der Waals surface area contributed by atoms with E-state index in [4.69, 9.17) is 17.3 Å². The van der Waals surface area contributed by atoms with Crippen molar-refractivity contribution in [3.8, 4) is 0 Å². The van der Waals surface area contributed by atoms with E-state index >= 15 is 0 Å². The first-order valence-electron chi connectivity index (χ1n) is 6.70. The molecule has 0 radical (unpaired) electrons. The van der Waals surface area contributed by atoms with Gasteiger partial charge in [0.25, 0.3) is 5.91 Å². The second-order valence-corrected chi connectivity index (χ2v) is 5.30. The number of aromatic amines is 1. The third kappa shape index (κ3) is 3.32. The molecule has 0 spiro atoms. The van der Waals surface area contributed by atoms with Crippen molar-refractivity contribution in [3.05, 3.63) is 70.6 Å². The van der Waals surface area contributed by atoms with Crippen LogP contribution in [0.3, 0.4) is 0 Å². The van der Waals surface area contributed by atoms with Crippen LogP contribution in [-0.4, -0.2) is 16.7 Å². The van der Waals surface area contributed by atoms with Crippen LogP contribution in [0, 0.1) is 5.82 Å². The maximum Gasteiger partial charge on any atom is 0.287 e. The summed E-state index contributed by atoms with van der Waals surface area (Å²) in [7, 11) is 0. The van der Waals surface area contributed by atoms with Gasteiger partial charge in [-0.15, -0.1) is 0 Å². The topological polar surface area (TPSA) is 83.3 Å². The largest absolute Gasteiger partial charge is 0.382 e. The first-order valence-corrected chi connectivity index (χ1v) is 7.08. The van der Waals surface area contributed by atoms with Gasteiger partial charge in [-0.1, -0.05) is 23.7 Å². The molecule has 0 saturated carbocycles. The first kappa shape index (κ1) is 15.1. The van der Waals surface area contributed by atoms with Gasteiger partial charge >= 0.3 is 0 Å². The molecule has 1 aromatic heterocycles. The quantitative estimate of drug-likeness (QED) is 0.392. The van der Waals surface area contributed by atoms with Crippen molar-refractivity contribution >= 4 is 34.2 Å². The average Bonchev–Trinajstić information content (AvgIpc) is 2.95. The highest BCUT2D eigenvalue weighted by Gasteiger charge is 2.09. The molecule has 1 heterocycles. The summed E-state index contributed by atoms with van der Waals surface area (Å²) in [4.78, 5) is 15.0. The molecule has 5 nitrogen and oxygen atoms in total. The minimum atomic E-state index is -0.461. The maximum atomic E-state index is 13.1. The van der Waals surface area contributed by atoms with Gasteiger partial charge in [-0.25, -0.2) is 9.82 Å². The van der Waals surface area contributed by atoms with Crippen molar-refractivity contribution in [1.82, 2.24) is 10.4 Å². The molecule has 116 valence electrons. The highest BCUT2D eigenvalue weighted by Crippen LogP contribution is 2.20. The summed E-state index contributed by atoms with van der Waals surface area (Å²) in [5.41, 5.74) is 9.54. The van der Waals surface area contributed by atoms with E-state index in [1.165, 1.54) is 18.2 Å². The van der Waals surface area contributed by atoms with E-state index in [9.17, 15) is 9.18 Å². The Kier molecular flexibility index (Phi) is 3.99. The number of carbonyl (C=O) groups is 1. The maximum absolute atomic E-state index is 13.1. The van der Waals surface area contributed by atoms with Gasteiger partial charge in [0.2, 0.25) is 0 Å².